The van der Waals surface area contributed by atoms with Gasteiger partial charge in [0.25, 0.3) is 0 Å². The predicted octanol–water partition coefficient (Wildman–Crippen LogP) is 10.2. The molecular formula is C34H52O4. The number of carbonyl (C=O) groups is 1. The third-order valence-corrected chi connectivity index (χ3v) is 7.11. The minimum absolute atomic E-state index is 0.376. The van der Waals surface area contributed by atoms with Crippen molar-refractivity contribution in [2.75, 3.05) is 13.2 Å². The maximum Gasteiger partial charge on any atom is 0.343 e. The van der Waals surface area contributed by atoms with Crippen molar-refractivity contribution >= 4 is 5.97 Å². The van der Waals surface area contributed by atoms with Crippen LogP contribution >= 0.6 is 0 Å². The lowest BCUT2D eigenvalue weighted by molar-refractivity contribution is 0.0734. The van der Waals surface area contributed by atoms with Crippen molar-refractivity contribution in [3.05, 3.63) is 54.1 Å². The first-order valence-corrected chi connectivity index (χ1v) is 15.1. The largest absolute Gasteiger partial charge is 0.494 e. The smallest absolute Gasteiger partial charge is 0.343 e. The lowest BCUT2D eigenvalue weighted by atomic mass is 9.82. The van der Waals surface area contributed by atoms with Crippen molar-refractivity contribution in [2.24, 2.45) is 5.41 Å². The second-order valence-electron chi connectivity index (χ2n) is 11.3. The Hall–Kier alpha value is -2.49. The minimum Gasteiger partial charge on any atom is -0.494 e. The predicted molar refractivity (Wildman–Crippen MR) is 159 cm³/mol. The molecular weight excluding hydrogens is 472 g/mol. The van der Waals surface area contributed by atoms with E-state index < -0.39 is 0 Å². The van der Waals surface area contributed by atoms with Crippen molar-refractivity contribution in [1.82, 2.24) is 0 Å². The standard InChI is InChI=1S/C34H52O4/c1-5-7-9-10-11-12-13-15-27-36-30-19-17-29(18-20-30)33(35)38-32-23-21-31(22-24-32)37-28-16-14-26-34(3,4)25-8-6-2/h17-24H,5-16,25-28H2,1-4H3. The highest BCUT2D eigenvalue weighted by Crippen LogP contribution is 2.29. The van der Waals surface area contributed by atoms with Crippen LogP contribution in [0.4, 0.5) is 0 Å². The summed E-state index contributed by atoms with van der Waals surface area (Å²) in [6.07, 6.45) is 17.6. The molecule has 0 aliphatic heterocycles. The van der Waals surface area contributed by atoms with E-state index in [9.17, 15) is 4.79 Å². The van der Waals surface area contributed by atoms with E-state index in [2.05, 4.69) is 27.7 Å². The molecule has 0 fully saturated rings. The normalized spacial score (nSPS) is 11.4. The maximum absolute atomic E-state index is 12.5. The number of hydrogen-bond donors (Lipinski definition) is 0. The third kappa shape index (κ3) is 13.9. The van der Waals surface area contributed by atoms with Crippen LogP contribution in [0, 0.1) is 5.41 Å². The Labute approximate surface area is 232 Å². The number of carbonyl (C=O) groups excluding carboxylic acids is 1. The zero-order valence-electron chi connectivity index (χ0n) is 24.6. The van der Waals surface area contributed by atoms with Crippen molar-refractivity contribution in [2.45, 2.75) is 118 Å². The number of benzene rings is 2. The summed E-state index contributed by atoms with van der Waals surface area (Å²) in [6.45, 7) is 10.7. The van der Waals surface area contributed by atoms with Gasteiger partial charge in [-0.05, 0) is 86.1 Å². The average molecular weight is 525 g/mol. The van der Waals surface area contributed by atoms with Crippen LogP contribution in [0.25, 0.3) is 0 Å². The Morgan fingerprint density at radius 2 is 1.03 bits per heavy atom. The van der Waals surface area contributed by atoms with Gasteiger partial charge in [-0.25, -0.2) is 4.79 Å². The van der Waals surface area contributed by atoms with Crippen molar-refractivity contribution in [1.29, 1.82) is 0 Å². The minimum atomic E-state index is -0.376. The van der Waals surface area contributed by atoms with Gasteiger partial charge in [0.05, 0.1) is 18.8 Å². The molecule has 0 aromatic heterocycles. The molecule has 0 aliphatic carbocycles. The molecule has 4 heteroatoms. The molecule has 4 nitrogen and oxygen atoms in total. The van der Waals surface area contributed by atoms with E-state index in [0.29, 0.717) is 29.9 Å². The Bertz CT molecular complexity index is 870. The van der Waals surface area contributed by atoms with E-state index in [4.69, 9.17) is 14.2 Å². The second kappa shape index (κ2) is 18.7. The quantitative estimate of drug-likeness (QED) is 0.0925. The molecule has 0 radical (unpaired) electrons. The van der Waals surface area contributed by atoms with Gasteiger partial charge in [-0.3, -0.25) is 0 Å². The fourth-order valence-corrected chi connectivity index (χ4v) is 4.56. The highest BCUT2D eigenvalue weighted by molar-refractivity contribution is 5.91. The van der Waals surface area contributed by atoms with Crippen LogP contribution in [0.5, 0.6) is 17.2 Å². The molecule has 2 rings (SSSR count). The van der Waals surface area contributed by atoms with Crippen molar-refractivity contribution in [3.8, 4) is 17.2 Å². The van der Waals surface area contributed by atoms with E-state index >= 15 is 0 Å². The Morgan fingerprint density at radius 1 is 0.579 bits per heavy atom. The highest BCUT2D eigenvalue weighted by atomic mass is 16.5. The molecule has 2 aromatic carbocycles. The number of esters is 1. The van der Waals surface area contributed by atoms with Crippen LogP contribution in [0.15, 0.2) is 48.5 Å². The number of unbranched alkanes of at least 4 members (excludes halogenated alkanes) is 9. The molecule has 0 N–H and O–H groups in total. The Morgan fingerprint density at radius 3 is 1.61 bits per heavy atom. The van der Waals surface area contributed by atoms with Crippen molar-refractivity contribution in [3.63, 3.8) is 0 Å². The van der Waals surface area contributed by atoms with Crippen LogP contribution in [-0.2, 0) is 0 Å². The van der Waals surface area contributed by atoms with E-state index in [0.717, 1.165) is 24.3 Å². The topological polar surface area (TPSA) is 44.8 Å². The first-order chi connectivity index (χ1) is 18.4. The van der Waals surface area contributed by atoms with Gasteiger partial charge in [0.2, 0.25) is 0 Å². The van der Waals surface area contributed by atoms with Gasteiger partial charge in [-0.2, -0.15) is 0 Å². The molecule has 0 amide bonds. The molecule has 0 saturated carbocycles. The molecule has 38 heavy (non-hydrogen) atoms. The number of ether oxygens (including phenoxy) is 3. The lowest BCUT2D eigenvalue weighted by Crippen LogP contribution is -2.11. The SMILES string of the molecule is CCCCCCCCCCOc1ccc(C(=O)Oc2ccc(OCCCCC(C)(C)CCCC)cc2)cc1. The van der Waals surface area contributed by atoms with Crippen LogP contribution in [-0.4, -0.2) is 19.2 Å². The highest BCUT2D eigenvalue weighted by Gasteiger charge is 2.16. The summed E-state index contributed by atoms with van der Waals surface area (Å²) >= 11 is 0. The van der Waals surface area contributed by atoms with Gasteiger partial charge in [-0.1, -0.05) is 85.5 Å². The summed E-state index contributed by atoms with van der Waals surface area (Å²) in [5, 5.41) is 0. The molecule has 0 bridgehead atoms. The molecule has 0 saturated heterocycles. The van der Waals surface area contributed by atoms with E-state index in [1.54, 1.807) is 24.3 Å². The van der Waals surface area contributed by atoms with E-state index in [1.165, 1.54) is 77.0 Å². The Balaban J connectivity index is 1.62. The second-order valence-corrected chi connectivity index (χ2v) is 11.3. The summed E-state index contributed by atoms with van der Waals surface area (Å²) in [5.74, 6) is 1.72. The molecule has 0 unspecified atom stereocenters. The number of rotatable bonds is 21. The fourth-order valence-electron chi connectivity index (χ4n) is 4.56. The third-order valence-electron chi connectivity index (χ3n) is 7.11. The van der Waals surface area contributed by atoms with Crippen LogP contribution in [0.3, 0.4) is 0 Å². The van der Waals surface area contributed by atoms with E-state index in [-0.39, 0.29) is 5.97 Å². The van der Waals surface area contributed by atoms with Gasteiger partial charge in [0.1, 0.15) is 17.2 Å². The van der Waals surface area contributed by atoms with Gasteiger partial charge in [-0.15, -0.1) is 0 Å². The first-order valence-electron chi connectivity index (χ1n) is 15.1. The zero-order chi connectivity index (χ0) is 27.5. The van der Waals surface area contributed by atoms with Crippen molar-refractivity contribution < 1.29 is 19.0 Å². The van der Waals surface area contributed by atoms with Crippen LogP contribution in [0.2, 0.25) is 0 Å². The van der Waals surface area contributed by atoms with Gasteiger partial charge >= 0.3 is 5.97 Å². The van der Waals surface area contributed by atoms with Gasteiger partial charge in [0.15, 0.2) is 0 Å². The van der Waals surface area contributed by atoms with Gasteiger partial charge < -0.3 is 14.2 Å². The maximum atomic E-state index is 12.5. The molecule has 0 aliphatic rings. The first kappa shape index (κ1) is 31.7. The van der Waals surface area contributed by atoms with Crippen LogP contribution < -0.4 is 14.2 Å². The lowest BCUT2D eigenvalue weighted by Gasteiger charge is -2.24. The zero-order valence-corrected chi connectivity index (χ0v) is 24.6. The summed E-state index contributed by atoms with van der Waals surface area (Å²) < 4.78 is 17.2. The summed E-state index contributed by atoms with van der Waals surface area (Å²) in [5.41, 5.74) is 0.925. The summed E-state index contributed by atoms with van der Waals surface area (Å²) in [7, 11) is 0. The summed E-state index contributed by atoms with van der Waals surface area (Å²) in [6, 6.07) is 14.5. The number of hydrogen-bond acceptors (Lipinski definition) is 4. The molecule has 0 atom stereocenters. The van der Waals surface area contributed by atoms with Crippen LogP contribution in [0.1, 0.15) is 128 Å². The van der Waals surface area contributed by atoms with E-state index in [1.807, 2.05) is 24.3 Å². The Kier molecular flexibility index (Phi) is 15.6. The molecule has 2 aromatic rings. The molecule has 0 heterocycles. The summed E-state index contributed by atoms with van der Waals surface area (Å²) in [4.78, 5) is 12.5. The average Bonchev–Trinajstić information content (AvgIpc) is 2.92. The van der Waals surface area contributed by atoms with Gasteiger partial charge in [0, 0.05) is 0 Å². The molecule has 0 spiro atoms. The fraction of sp³-hybridized carbons (Fsp3) is 0.618. The monoisotopic (exact) mass is 524 g/mol. The molecule has 212 valence electrons.